The lowest BCUT2D eigenvalue weighted by Gasteiger charge is -2.30. The third-order valence-corrected chi connectivity index (χ3v) is 19.4. The number of phosphoric acid groups is 2. The average Bonchev–Trinajstić information content (AvgIpc) is 1.58. The second kappa shape index (κ2) is 42.2. The molecule has 3 saturated heterocycles. The normalized spacial score (nSPS) is 25.2. The Hall–Kier alpha value is -8.92. The summed E-state index contributed by atoms with van der Waals surface area (Å²) in [4.78, 5) is 84.5. The van der Waals surface area contributed by atoms with Crippen LogP contribution in [0.25, 0.3) is 33.5 Å². The number of nitrogen functional groups attached to an aromatic ring is 1. The Morgan fingerprint density at radius 1 is 0.533 bits per heavy atom. The van der Waals surface area contributed by atoms with Gasteiger partial charge < -0.3 is 108 Å². The molecule has 6 aromatic heterocycles. The Balaban J connectivity index is 0.000000263. The van der Waals surface area contributed by atoms with E-state index in [1.807, 2.05) is 0 Å². The summed E-state index contributed by atoms with van der Waals surface area (Å²) >= 11 is 0. The van der Waals surface area contributed by atoms with Crippen LogP contribution in [0.5, 0.6) is 17.6 Å². The van der Waals surface area contributed by atoms with E-state index in [0.29, 0.717) is 18.7 Å². The van der Waals surface area contributed by atoms with E-state index in [2.05, 4.69) is 84.7 Å². The molecule has 0 spiro atoms. The summed E-state index contributed by atoms with van der Waals surface area (Å²) in [7, 11) is -9.99. The number of aromatic nitrogens is 12. The molecule has 0 unspecified atom stereocenters. The van der Waals surface area contributed by atoms with E-state index in [1.165, 1.54) is 73.2 Å². The van der Waals surface area contributed by atoms with Crippen LogP contribution in [-0.4, -0.2) is 270 Å². The maximum Gasteiger partial charge on any atom is 0.510 e. The van der Waals surface area contributed by atoms with Crippen molar-refractivity contribution in [2.45, 2.75) is 207 Å². The Kier molecular flexibility index (Phi) is 32.3. The van der Waals surface area contributed by atoms with E-state index in [-0.39, 0.29) is 110 Å². The number of anilines is 3. The van der Waals surface area contributed by atoms with Gasteiger partial charge in [-0.05, 0) is 124 Å². The standard InChI is InChI=1S/C27H42F2N5O13P.C23H34F2N5O13P.C17H26FN5O5/c1-8-30-23-32-20-19(21(33-23)39-9-2)31-13-34(20)22-26(7,28)18(10-11-35)27(29,47-22)12-42-48(38,43-14-40-24(36)45-16(3)4)44-15-41-25(37)46-17(5)6;1-7-35-16-14-15(28-19(26)29-16)30(9-27-14)18-22(6,24)17(31)23(25,43-18)8-38-44(34,39-10-36-20(32)41-12(2)3)40-11-37-21(33)42-13(4)5;1-4-19-15-21-12-11(13(22-15)27-5-2)20-9-23(12)14-16(3,26)10(6-7-24)17(18,8-25)28-14/h13,16-18,22,35H,8-12,14-15H2,1-7H3,(H,30,32,33);9,12-13,17-18,31H,7-8,10-11H2,1-6H3,(H2,26,28,29);9-10,14,24-26H,4-8H2,1-3H3,(H,19,21,22)/t18-,22+,26+,27+;17-,18+,22+,23+;10-,14+,16+,17+/m000/s1/i1T,35T;;1T,24T. The summed E-state index contributed by atoms with van der Waals surface area (Å²) in [5, 5.41) is 45.8. The minimum absolute atomic E-state index is 0.0113. The molecular formula is C67H102F5N15O31P2. The largest absolute Gasteiger partial charge is 0.510 e. The van der Waals surface area contributed by atoms with Crippen LogP contribution >= 0.6 is 15.6 Å². The van der Waals surface area contributed by atoms with Crippen molar-refractivity contribution in [1.82, 2.24) is 58.6 Å². The van der Waals surface area contributed by atoms with Gasteiger partial charge in [0.25, 0.3) is 5.85 Å². The van der Waals surface area contributed by atoms with Gasteiger partial charge in [-0.1, -0.05) is 0 Å². The van der Waals surface area contributed by atoms with E-state index < -0.39 is 196 Å². The fourth-order valence-electron chi connectivity index (χ4n) is 11.8. The number of halogens is 5. The third kappa shape index (κ3) is 24.3. The van der Waals surface area contributed by atoms with E-state index in [9.17, 15) is 43.6 Å². The highest BCUT2D eigenvalue weighted by molar-refractivity contribution is 7.48. The number of nitrogens with zero attached hydrogens (tertiary/aromatic N) is 12. The van der Waals surface area contributed by atoms with Gasteiger partial charge in [-0.2, -0.15) is 29.9 Å². The molecule has 9 N–H and O–H groups in total. The van der Waals surface area contributed by atoms with Crippen LogP contribution in [-0.2, 0) is 88.4 Å². The molecule has 3 aliphatic rings. The Bertz CT molecular complexity index is 4520. The summed E-state index contributed by atoms with van der Waals surface area (Å²) in [5.74, 6) is -11.9. The first-order chi connectivity index (χ1) is 58.4. The van der Waals surface area contributed by atoms with Gasteiger partial charge in [0.15, 0.2) is 69.6 Å². The summed E-state index contributed by atoms with van der Waals surface area (Å²) < 4.78 is 240. The van der Waals surface area contributed by atoms with Gasteiger partial charge >= 0.3 is 40.3 Å². The van der Waals surface area contributed by atoms with Gasteiger partial charge in [0, 0.05) is 29.0 Å². The van der Waals surface area contributed by atoms with Crippen molar-refractivity contribution in [2.24, 2.45) is 11.8 Å². The van der Waals surface area contributed by atoms with Gasteiger partial charge in [-0.15, -0.1) is 0 Å². The Labute approximate surface area is 688 Å². The van der Waals surface area contributed by atoms with Gasteiger partial charge in [-0.3, -0.25) is 22.7 Å². The first-order valence-corrected chi connectivity index (χ1v) is 39.8. The van der Waals surface area contributed by atoms with E-state index in [1.54, 1.807) is 20.8 Å². The number of carbonyl (C=O) groups is 4. The monoisotopic (exact) mass is 1780 g/mol. The molecule has 12 atom stereocenters. The summed E-state index contributed by atoms with van der Waals surface area (Å²) in [6, 6.07) is 0. The molecule has 9 rings (SSSR count). The van der Waals surface area contributed by atoms with Crippen LogP contribution in [0.3, 0.4) is 0 Å². The van der Waals surface area contributed by atoms with Crippen LogP contribution in [0.4, 0.5) is 59.0 Å². The van der Waals surface area contributed by atoms with Crippen LogP contribution in [0.15, 0.2) is 19.0 Å². The molecule has 46 nitrogen and oxygen atoms in total. The number of hydrogen-bond acceptors (Lipinski definition) is 43. The van der Waals surface area contributed by atoms with Crippen LogP contribution in [0.1, 0.15) is 145 Å². The summed E-state index contributed by atoms with van der Waals surface area (Å²) in [5.41, 5.74) is -1.00. The number of imidazole rings is 3. The zero-order valence-corrected chi connectivity index (χ0v) is 69.5. The molecule has 6 aromatic rings. The molecule has 0 bridgehead atoms. The zero-order valence-electron chi connectivity index (χ0n) is 71.7. The molecule has 0 aliphatic carbocycles. The number of phosphoric ester groups is 2. The van der Waals surface area contributed by atoms with Crippen molar-refractivity contribution in [3.05, 3.63) is 19.0 Å². The molecule has 53 heteroatoms. The van der Waals surface area contributed by atoms with E-state index in [4.69, 9.17) is 85.8 Å². The molecule has 9 heterocycles. The van der Waals surface area contributed by atoms with Gasteiger partial charge in [-0.25, -0.2) is 83.3 Å². The Morgan fingerprint density at radius 2 is 0.883 bits per heavy atom. The number of ether oxygens (including phenoxy) is 14. The van der Waals surface area contributed by atoms with Crippen molar-refractivity contribution in [3.63, 3.8) is 0 Å². The van der Waals surface area contributed by atoms with Crippen LogP contribution in [0.2, 0.25) is 0 Å². The molecule has 3 aliphatic heterocycles. The van der Waals surface area contributed by atoms with Gasteiger partial charge in [0.2, 0.25) is 77.2 Å². The molecule has 0 radical (unpaired) electrons. The highest BCUT2D eigenvalue weighted by Gasteiger charge is 2.67. The predicted molar refractivity (Wildman–Crippen MR) is 399 cm³/mol. The number of nitrogens with two attached hydrogens (primary N) is 1. The van der Waals surface area contributed by atoms with E-state index >= 15 is 22.0 Å². The van der Waals surface area contributed by atoms with Crippen LogP contribution in [0, 0.1) is 11.8 Å². The molecule has 120 heavy (non-hydrogen) atoms. The average molecular weight is 1780 g/mol. The van der Waals surface area contributed by atoms with Gasteiger partial charge in [0.1, 0.15) is 25.4 Å². The van der Waals surface area contributed by atoms with Gasteiger partial charge in [0.05, 0.1) is 75.1 Å². The minimum Gasteiger partial charge on any atom is -0.476 e. The SMILES string of the molecule is CCOc1nc(N)nc2c1ncn2[C@@H]1O[C@](F)(COP(=O)(OCOC(=O)OC(C)C)OCOC(=O)OC(C)C)[C@@H](O)[C@@]1(C)F.[3H]CCNc1nc(OCC)c2ncn([C@@H]3O[C@](F)(CO)[C@@H](CCO[3H])[C@@]3(C)O)c2n1.[3H]CCNc1nc(OCC)c2ncn([C@@H]3O[C@](F)(COP(=O)(OCOC(=O)OC(C)C)OCOC(=O)OC(C)C)[C@@H](CCO[3H])[C@@]3(C)F)c2n1. The van der Waals surface area contributed by atoms with Crippen molar-refractivity contribution in [2.75, 3.05) is 109 Å². The zero-order chi connectivity index (χ0) is 91.9. The van der Waals surface area contributed by atoms with Crippen molar-refractivity contribution < 1.29 is 172 Å². The first kappa shape index (κ1) is 91.8. The second-order valence-electron chi connectivity index (χ2n) is 27.3. The number of aliphatic hydroxyl groups is 5. The number of aliphatic hydroxyl groups excluding tert-OH is 4. The van der Waals surface area contributed by atoms with E-state index in [0.717, 1.165) is 35.6 Å². The second-order valence-corrected chi connectivity index (χ2v) is 30.7. The number of nitrogens with one attached hydrogen (secondary N) is 2. The highest BCUT2D eigenvalue weighted by Crippen LogP contribution is 2.59. The fraction of sp³-hybridized carbons (Fsp3) is 0.716. The van der Waals surface area contributed by atoms with Crippen molar-refractivity contribution in [3.8, 4) is 17.6 Å². The molecule has 0 saturated carbocycles. The Morgan fingerprint density at radius 3 is 1.26 bits per heavy atom. The van der Waals surface area contributed by atoms with Crippen molar-refractivity contribution >= 4 is 91.6 Å². The highest BCUT2D eigenvalue weighted by atomic mass is 31.2. The van der Waals surface area contributed by atoms with Crippen LogP contribution < -0.4 is 30.6 Å². The maximum absolute atomic E-state index is 16.9. The number of fused-ring (bicyclic) bond motifs is 3. The summed E-state index contributed by atoms with van der Waals surface area (Å²) in [6.07, 6.45) is -11.7. The predicted octanol–water partition coefficient (Wildman–Crippen LogP) is 8.65. The lowest BCUT2D eigenvalue weighted by molar-refractivity contribution is -0.205. The minimum atomic E-state index is -5.00. The topological polar surface area (TPSA) is 569 Å². The lowest BCUT2D eigenvalue weighted by Crippen LogP contribution is -2.46. The number of carbonyl (C=O) groups excluding carboxylic acids is 4. The third-order valence-electron chi connectivity index (χ3n) is 16.9. The molecule has 0 amide bonds. The number of alkyl halides is 5. The maximum atomic E-state index is 16.9. The van der Waals surface area contributed by atoms with Crippen molar-refractivity contribution in [1.29, 1.82) is 2.86 Å². The lowest BCUT2D eigenvalue weighted by atomic mass is 9.83. The molecule has 0 aromatic carbocycles. The number of hydrogen-bond donors (Lipinski definition) is 8. The molecule has 3 fully saturated rings. The number of rotatable bonds is 42. The molecule has 676 valence electrons. The smallest absolute Gasteiger partial charge is 0.476 e. The molecular weight excluding hydrogens is 1670 g/mol. The fourth-order valence-corrected chi connectivity index (χ4v) is 13.7. The quantitative estimate of drug-likeness (QED) is 0.00584. The first-order valence-electron chi connectivity index (χ1n) is 39.1. The summed E-state index contributed by atoms with van der Waals surface area (Å²) in [6.45, 7) is 13.2.